The average molecular weight is 382 g/mol. The van der Waals surface area contributed by atoms with Crippen molar-refractivity contribution in [3.8, 4) is 0 Å². The van der Waals surface area contributed by atoms with Crippen LogP contribution in [0.15, 0.2) is 0 Å². The fourth-order valence-corrected chi connectivity index (χ4v) is 2.31. The second kappa shape index (κ2) is 26.3. The molecule has 0 radical (unpaired) electrons. The van der Waals surface area contributed by atoms with Crippen LogP contribution in [0.4, 0.5) is 0 Å². The summed E-state index contributed by atoms with van der Waals surface area (Å²) in [5, 5.41) is 8.64. The molecule has 0 atom stereocenters. The molecule has 0 amide bonds. The smallest absolute Gasteiger partial charge is 0.0431 e. The van der Waals surface area contributed by atoms with Crippen molar-refractivity contribution in [3.05, 3.63) is 0 Å². The Labute approximate surface area is 151 Å². The molecule has 0 aromatic carbocycles. The summed E-state index contributed by atoms with van der Waals surface area (Å²) in [7, 11) is 6.00. The van der Waals surface area contributed by atoms with Crippen molar-refractivity contribution in [1.29, 1.82) is 0 Å². The van der Waals surface area contributed by atoms with Gasteiger partial charge in [0.1, 0.15) is 0 Å². The molecular weight excluding hydrogens is 338 g/mol. The molecule has 0 aromatic heterocycles. The van der Waals surface area contributed by atoms with Crippen molar-refractivity contribution in [1.82, 2.24) is 4.90 Å². The molecule has 0 spiro atoms. The number of hydrogen-bond donors (Lipinski definition) is 1. The molecule has 0 fully saturated rings. The summed E-state index contributed by atoms with van der Waals surface area (Å²) in [4.78, 5) is 2.00. The Kier molecular flexibility index (Phi) is 32.6. The maximum Gasteiger partial charge on any atom is 0.0431 e. The van der Waals surface area contributed by atoms with Crippen LogP contribution in [0.2, 0.25) is 0 Å². The van der Waals surface area contributed by atoms with Crippen molar-refractivity contribution >= 4 is 17.0 Å². The number of nitrogens with zero attached hydrogens (tertiary/aromatic N) is 1. The molecule has 138 valence electrons. The fraction of sp³-hybridized carbons (Fsp3) is 1.00. The number of aliphatic hydroxyl groups excluding tert-OH is 1. The standard InChI is InChI=1S/C16H34O.C3H9N.BrH/c1-2-3-4-5-6-7-8-9-10-11-12-13-14-15-16-17;1-4(2)3;/h17H,2-16H2,1H3;1-3H3;1H. The minimum atomic E-state index is 0. The number of unbranched alkanes of at least 4 members (excludes halogenated alkanes) is 13. The first-order chi connectivity index (χ1) is 10.1. The third kappa shape index (κ3) is 37.0. The normalized spacial score (nSPS) is 10.1. The van der Waals surface area contributed by atoms with E-state index in [0.717, 1.165) is 6.42 Å². The quantitative estimate of drug-likeness (QED) is 0.361. The van der Waals surface area contributed by atoms with Crippen LogP contribution in [0.3, 0.4) is 0 Å². The van der Waals surface area contributed by atoms with Gasteiger partial charge in [0.05, 0.1) is 0 Å². The molecule has 0 bridgehead atoms. The van der Waals surface area contributed by atoms with Gasteiger partial charge < -0.3 is 10.0 Å². The van der Waals surface area contributed by atoms with Crippen LogP contribution in [0, 0.1) is 0 Å². The second-order valence-corrected chi connectivity index (χ2v) is 6.66. The molecule has 2 nitrogen and oxygen atoms in total. The second-order valence-electron chi connectivity index (χ2n) is 6.66. The van der Waals surface area contributed by atoms with Crippen molar-refractivity contribution in [2.45, 2.75) is 96.8 Å². The summed E-state index contributed by atoms with van der Waals surface area (Å²) in [5.41, 5.74) is 0. The van der Waals surface area contributed by atoms with Crippen LogP contribution in [0.25, 0.3) is 0 Å². The first kappa shape index (κ1) is 27.3. The highest BCUT2D eigenvalue weighted by Gasteiger charge is 1.93. The Morgan fingerprint density at radius 1 is 0.545 bits per heavy atom. The molecule has 0 heterocycles. The van der Waals surface area contributed by atoms with Crippen LogP contribution < -0.4 is 0 Å². The highest BCUT2D eigenvalue weighted by molar-refractivity contribution is 8.93. The van der Waals surface area contributed by atoms with E-state index in [1.54, 1.807) is 0 Å². The van der Waals surface area contributed by atoms with Crippen LogP contribution in [-0.4, -0.2) is 37.8 Å². The van der Waals surface area contributed by atoms with E-state index in [2.05, 4.69) is 6.92 Å². The van der Waals surface area contributed by atoms with Gasteiger partial charge >= 0.3 is 0 Å². The highest BCUT2D eigenvalue weighted by atomic mass is 79.9. The molecule has 0 saturated heterocycles. The van der Waals surface area contributed by atoms with Crippen LogP contribution in [0.5, 0.6) is 0 Å². The molecule has 0 aliphatic heterocycles. The van der Waals surface area contributed by atoms with Crippen molar-refractivity contribution in [2.75, 3.05) is 27.7 Å². The van der Waals surface area contributed by atoms with E-state index in [-0.39, 0.29) is 17.0 Å². The van der Waals surface area contributed by atoms with Crippen LogP contribution in [0.1, 0.15) is 96.8 Å². The van der Waals surface area contributed by atoms with E-state index in [1.165, 1.54) is 83.5 Å². The molecule has 22 heavy (non-hydrogen) atoms. The number of halogens is 1. The Hall–Kier alpha value is 0.400. The van der Waals surface area contributed by atoms with E-state index in [4.69, 9.17) is 5.11 Å². The molecular formula is C19H44BrNO. The van der Waals surface area contributed by atoms with Crippen LogP contribution >= 0.6 is 17.0 Å². The lowest BCUT2D eigenvalue weighted by atomic mass is 10.0. The van der Waals surface area contributed by atoms with Gasteiger partial charge in [-0.2, -0.15) is 0 Å². The van der Waals surface area contributed by atoms with Gasteiger partial charge in [-0.3, -0.25) is 0 Å². The van der Waals surface area contributed by atoms with Gasteiger partial charge in [-0.05, 0) is 27.6 Å². The van der Waals surface area contributed by atoms with Gasteiger partial charge in [0, 0.05) is 6.61 Å². The maximum absolute atomic E-state index is 8.64. The summed E-state index contributed by atoms with van der Waals surface area (Å²) in [5.74, 6) is 0. The molecule has 0 unspecified atom stereocenters. The number of aliphatic hydroxyl groups is 1. The average Bonchev–Trinajstić information content (AvgIpc) is 2.43. The van der Waals surface area contributed by atoms with Gasteiger partial charge in [0.2, 0.25) is 0 Å². The predicted octanol–water partition coefficient (Wildman–Crippen LogP) is 6.22. The summed E-state index contributed by atoms with van der Waals surface area (Å²) < 4.78 is 0. The summed E-state index contributed by atoms with van der Waals surface area (Å²) in [6.45, 7) is 2.65. The zero-order valence-corrected chi connectivity index (χ0v) is 17.6. The maximum atomic E-state index is 8.64. The van der Waals surface area contributed by atoms with Gasteiger partial charge in [0.25, 0.3) is 0 Å². The molecule has 0 aliphatic rings. The Balaban J connectivity index is -0.000000640. The molecule has 0 saturated carbocycles. The van der Waals surface area contributed by atoms with Gasteiger partial charge in [0.15, 0.2) is 0 Å². The van der Waals surface area contributed by atoms with Crippen molar-refractivity contribution < 1.29 is 5.11 Å². The SMILES string of the molecule is Br.CCCCCCCCCCCCCCCCO.CN(C)C. The largest absolute Gasteiger partial charge is 0.396 e. The third-order valence-corrected chi connectivity index (χ3v) is 3.51. The first-order valence-corrected chi connectivity index (χ1v) is 9.36. The lowest BCUT2D eigenvalue weighted by molar-refractivity contribution is 0.282. The fourth-order valence-electron chi connectivity index (χ4n) is 2.31. The van der Waals surface area contributed by atoms with E-state index < -0.39 is 0 Å². The van der Waals surface area contributed by atoms with Crippen LogP contribution in [-0.2, 0) is 0 Å². The highest BCUT2D eigenvalue weighted by Crippen LogP contribution is 2.12. The van der Waals surface area contributed by atoms with E-state index in [9.17, 15) is 0 Å². The minimum absolute atomic E-state index is 0. The number of rotatable bonds is 14. The van der Waals surface area contributed by atoms with E-state index >= 15 is 0 Å². The molecule has 0 rings (SSSR count). The monoisotopic (exact) mass is 381 g/mol. The third-order valence-electron chi connectivity index (χ3n) is 3.51. The van der Waals surface area contributed by atoms with E-state index in [0.29, 0.717) is 6.61 Å². The van der Waals surface area contributed by atoms with E-state index in [1.807, 2.05) is 26.0 Å². The Morgan fingerprint density at radius 3 is 1.00 bits per heavy atom. The molecule has 0 aromatic rings. The van der Waals surface area contributed by atoms with Gasteiger partial charge in [-0.1, -0.05) is 90.4 Å². The lowest BCUT2D eigenvalue weighted by Crippen LogP contribution is -1.99. The summed E-state index contributed by atoms with van der Waals surface area (Å²) in [6, 6.07) is 0. The van der Waals surface area contributed by atoms with Gasteiger partial charge in [-0.25, -0.2) is 0 Å². The van der Waals surface area contributed by atoms with Gasteiger partial charge in [-0.15, -0.1) is 17.0 Å². The lowest BCUT2D eigenvalue weighted by Gasteiger charge is -2.02. The Bertz CT molecular complexity index is 149. The first-order valence-electron chi connectivity index (χ1n) is 9.36. The zero-order chi connectivity index (χ0) is 16.2. The van der Waals surface area contributed by atoms with Crippen molar-refractivity contribution in [2.24, 2.45) is 0 Å². The minimum Gasteiger partial charge on any atom is -0.396 e. The predicted molar refractivity (Wildman–Crippen MR) is 107 cm³/mol. The van der Waals surface area contributed by atoms with Crippen molar-refractivity contribution in [3.63, 3.8) is 0 Å². The molecule has 3 heteroatoms. The topological polar surface area (TPSA) is 23.5 Å². The Morgan fingerprint density at radius 2 is 0.773 bits per heavy atom. The summed E-state index contributed by atoms with van der Waals surface area (Å²) >= 11 is 0. The zero-order valence-electron chi connectivity index (χ0n) is 15.9. The molecule has 1 N–H and O–H groups in total. The molecule has 0 aliphatic carbocycles. The number of hydrogen-bond acceptors (Lipinski definition) is 2. The summed E-state index contributed by atoms with van der Waals surface area (Å²) in [6.07, 6.45) is 19.2.